The number of nitro benzene ring substituents is 1. The minimum absolute atomic E-state index is 0.0325. The van der Waals surface area contributed by atoms with Crippen molar-refractivity contribution in [3.8, 4) is 17.2 Å². The highest BCUT2D eigenvalue weighted by atomic mass is 16.6. The molecule has 9 nitrogen and oxygen atoms in total. The fourth-order valence-electron chi connectivity index (χ4n) is 3.89. The van der Waals surface area contributed by atoms with Gasteiger partial charge in [0, 0.05) is 17.7 Å². The van der Waals surface area contributed by atoms with Crippen molar-refractivity contribution in [2.24, 2.45) is 0 Å². The molecule has 4 rings (SSSR count). The van der Waals surface area contributed by atoms with Gasteiger partial charge in [-0.15, -0.1) is 10.2 Å². The number of rotatable bonds is 7. The standard InChI is InChI=1S/C22H25N5O4/c1-3-30-20-7-5-4-6-19(20)26-14-12-25(13-15-26)16(2)21-23-24-22(31-21)17-8-10-18(11-9-17)27(28)29/h4-11,16H,3,12-15H2,1-2H3/p+1/t16-/m0/s1. The summed E-state index contributed by atoms with van der Waals surface area (Å²) < 4.78 is 11.7. The molecule has 0 amide bonds. The van der Waals surface area contributed by atoms with E-state index in [1.54, 1.807) is 12.1 Å². The molecule has 1 fully saturated rings. The number of nitrogens with zero attached hydrogens (tertiary/aromatic N) is 4. The summed E-state index contributed by atoms with van der Waals surface area (Å²) in [5, 5.41) is 19.2. The van der Waals surface area contributed by atoms with Crippen LogP contribution in [0.1, 0.15) is 25.8 Å². The van der Waals surface area contributed by atoms with E-state index >= 15 is 0 Å². The minimum Gasteiger partial charge on any atom is -0.492 e. The zero-order valence-electron chi connectivity index (χ0n) is 17.7. The molecule has 1 atom stereocenters. The molecule has 1 aromatic heterocycles. The van der Waals surface area contributed by atoms with Crippen molar-refractivity contribution < 1.29 is 19.0 Å². The summed E-state index contributed by atoms with van der Waals surface area (Å²) in [6.45, 7) is 8.43. The normalized spacial score (nSPS) is 15.6. The Hall–Kier alpha value is -3.46. The molecule has 0 radical (unpaired) electrons. The summed E-state index contributed by atoms with van der Waals surface area (Å²) in [6.07, 6.45) is 0. The van der Waals surface area contributed by atoms with Gasteiger partial charge in [-0.25, -0.2) is 0 Å². The highest BCUT2D eigenvalue weighted by Crippen LogP contribution is 2.28. The van der Waals surface area contributed by atoms with E-state index in [0.29, 0.717) is 24.0 Å². The van der Waals surface area contributed by atoms with Crippen LogP contribution >= 0.6 is 0 Å². The van der Waals surface area contributed by atoms with Gasteiger partial charge < -0.3 is 19.0 Å². The first-order chi connectivity index (χ1) is 15.1. The van der Waals surface area contributed by atoms with Crippen LogP contribution in [0.5, 0.6) is 5.75 Å². The Balaban J connectivity index is 1.40. The van der Waals surface area contributed by atoms with E-state index in [0.717, 1.165) is 37.6 Å². The Labute approximate surface area is 180 Å². The molecular weight excluding hydrogens is 398 g/mol. The molecule has 9 heteroatoms. The number of hydrogen-bond donors (Lipinski definition) is 1. The number of nitrogens with one attached hydrogen (secondary N) is 1. The zero-order valence-corrected chi connectivity index (χ0v) is 17.7. The van der Waals surface area contributed by atoms with Crippen molar-refractivity contribution in [2.45, 2.75) is 19.9 Å². The van der Waals surface area contributed by atoms with E-state index in [9.17, 15) is 10.1 Å². The summed E-state index contributed by atoms with van der Waals surface area (Å²) in [5.41, 5.74) is 1.84. The zero-order chi connectivity index (χ0) is 21.8. The molecule has 1 aliphatic heterocycles. The number of aromatic nitrogens is 2. The summed E-state index contributed by atoms with van der Waals surface area (Å²) in [6, 6.07) is 14.3. The molecule has 31 heavy (non-hydrogen) atoms. The summed E-state index contributed by atoms with van der Waals surface area (Å²) in [4.78, 5) is 14.1. The van der Waals surface area contributed by atoms with Crippen LogP contribution in [-0.2, 0) is 0 Å². The van der Waals surface area contributed by atoms with Crippen LogP contribution in [-0.4, -0.2) is 47.9 Å². The summed E-state index contributed by atoms with van der Waals surface area (Å²) >= 11 is 0. The van der Waals surface area contributed by atoms with E-state index in [4.69, 9.17) is 9.15 Å². The topological polar surface area (TPSA) is 99.0 Å². The van der Waals surface area contributed by atoms with Crippen molar-refractivity contribution in [3.05, 3.63) is 64.5 Å². The average molecular weight is 424 g/mol. The maximum atomic E-state index is 10.8. The minimum atomic E-state index is -0.430. The highest BCUT2D eigenvalue weighted by molar-refractivity contribution is 5.58. The third-order valence-corrected chi connectivity index (χ3v) is 5.66. The predicted molar refractivity (Wildman–Crippen MR) is 115 cm³/mol. The van der Waals surface area contributed by atoms with Gasteiger partial charge in [0.15, 0.2) is 6.04 Å². The van der Waals surface area contributed by atoms with Crippen LogP contribution < -0.4 is 14.5 Å². The Morgan fingerprint density at radius 2 is 1.87 bits per heavy atom. The number of benzene rings is 2. The summed E-state index contributed by atoms with van der Waals surface area (Å²) in [5.74, 6) is 1.87. The third-order valence-electron chi connectivity index (χ3n) is 5.66. The lowest BCUT2D eigenvalue weighted by molar-refractivity contribution is -0.931. The van der Waals surface area contributed by atoms with Gasteiger partial charge in [-0.2, -0.15) is 0 Å². The second kappa shape index (κ2) is 9.13. The molecule has 1 N–H and O–H groups in total. The number of ether oxygens (including phenoxy) is 1. The van der Waals surface area contributed by atoms with Gasteiger partial charge in [0.1, 0.15) is 5.75 Å². The maximum Gasteiger partial charge on any atom is 0.274 e. The number of quaternary nitrogens is 1. The second-order valence-corrected chi connectivity index (χ2v) is 7.52. The first-order valence-electron chi connectivity index (χ1n) is 10.5. The molecule has 0 spiro atoms. The van der Waals surface area contributed by atoms with E-state index in [1.807, 2.05) is 25.1 Å². The van der Waals surface area contributed by atoms with Crippen LogP contribution in [0.15, 0.2) is 52.9 Å². The Bertz CT molecular complexity index is 1030. The van der Waals surface area contributed by atoms with Crippen LogP contribution in [0.3, 0.4) is 0 Å². The van der Waals surface area contributed by atoms with Crippen LogP contribution in [0.25, 0.3) is 11.5 Å². The second-order valence-electron chi connectivity index (χ2n) is 7.52. The monoisotopic (exact) mass is 424 g/mol. The van der Waals surface area contributed by atoms with Crippen LogP contribution in [0, 0.1) is 10.1 Å². The van der Waals surface area contributed by atoms with Crippen molar-refractivity contribution in [3.63, 3.8) is 0 Å². The van der Waals surface area contributed by atoms with Crippen molar-refractivity contribution in [2.75, 3.05) is 37.7 Å². The molecule has 0 saturated carbocycles. The third kappa shape index (κ3) is 4.51. The van der Waals surface area contributed by atoms with E-state index in [1.165, 1.54) is 17.0 Å². The number of anilines is 1. The van der Waals surface area contributed by atoms with Crippen LogP contribution in [0.4, 0.5) is 11.4 Å². The van der Waals surface area contributed by atoms with Crippen LogP contribution in [0.2, 0.25) is 0 Å². The highest BCUT2D eigenvalue weighted by Gasteiger charge is 2.30. The molecule has 1 saturated heterocycles. The number of nitro groups is 1. The molecular formula is C22H26N5O4+. The van der Waals surface area contributed by atoms with Gasteiger partial charge in [-0.3, -0.25) is 10.1 Å². The predicted octanol–water partition coefficient (Wildman–Crippen LogP) is 2.51. The van der Waals surface area contributed by atoms with Gasteiger partial charge in [0.05, 0.1) is 43.4 Å². The molecule has 0 aliphatic carbocycles. The number of piperazine rings is 1. The molecule has 2 heterocycles. The molecule has 0 unspecified atom stereocenters. The summed E-state index contributed by atoms with van der Waals surface area (Å²) in [7, 11) is 0. The largest absolute Gasteiger partial charge is 0.492 e. The van der Waals surface area contributed by atoms with E-state index < -0.39 is 4.92 Å². The Morgan fingerprint density at radius 3 is 2.55 bits per heavy atom. The smallest absolute Gasteiger partial charge is 0.274 e. The fraction of sp³-hybridized carbons (Fsp3) is 0.364. The molecule has 2 aromatic carbocycles. The fourth-order valence-corrected chi connectivity index (χ4v) is 3.89. The number of hydrogen-bond acceptors (Lipinski definition) is 7. The molecule has 3 aromatic rings. The van der Waals surface area contributed by atoms with Gasteiger partial charge in [0.2, 0.25) is 5.89 Å². The lowest BCUT2D eigenvalue weighted by Crippen LogP contribution is -3.14. The first kappa shape index (κ1) is 20.8. The average Bonchev–Trinajstić information content (AvgIpc) is 3.30. The van der Waals surface area contributed by atoms with E-state index in [2.05, 4.69) is 28.1 Å². The quantitative estimate of drug-likeness (QED) is 0.460. The van der Waals surface area contributed by atoms with Crippen molar-refractivity contribution in [1.82, 2.24) is 10.2 Å². The molecule has 0 bridgehead atoms. The molecule has 1 aliphatic rings. The Morgan fingerprint density at radius 1 is 1.16 bits per heavy atom. The van der Waals surface area contributed by atoms with Gasteiger partial charge in [0.25, 0.3) is 11.6 Å². The van der Waals surface area contributed by atoms with Crippen molar-refractivity contribution in [1.29, 1.82) is 0 Å². The number of para-hydroxylation sites is 2. The van der Waals surface area contributed by atoms with Gasteiger partial charge >= 0.3 is 0 Å². The lowest BCUT2D eigenvalue weighted by Gasteiger charge is -2.36. The lowest BCUT2D eigenvalue weighted by atomic mass is 10.2. The SMILES string of the molecule is CCOc1ccccc1N1CC[NH+]([C@@H](C)c2nnc(-c3ccc([N+](=O)[O-])cc3)o2)CC1. The van der Waals surface area contributed by atoms with Gasteiger partial charge in [-0.05, 0) is 38.1 Å². The van der Waals surface area contributed by atoms with Crippen molar-refractivity contribution >= 4 is 11.4 Å². The molecule has 162 valence electrons. The Kier molecular flexibility index (Phi) is 6.13. The first-order valence-corrected chi connectivity index (χ1v) is 10.5. The van der Waals surface area contributed by atoms with Gasteiger partial charge in [-0.1, -0.05) is 12.1 Å². The van der Waals surface area contributed by atoms with E-state index in [-0.39, 0.29) is 11.7 Å². The maximum absolute atomic E-state index is 10.8. The number of non-ortho nitro benzene ring substituents is 1.